The summed E-state index contributed by atoms with van der Waals surface area (Å²) in [4.78, 5) is 27.7. The summed E-state index contributed by atoms with van der Waals surface area (Å²) in [5.41, 5.74) is 2.75. The van der Waals surface area contributed by atoms with Crippen molar-refractivity contribution in [1.82, 2.24) is 28.0 Å². The summed E-state index contributed by atoms with van der Waals surface area (Å²) < 4.78 is 11.5. The number of fused-ring (bicyclic) bond motifs is 1. The first-order valence-corrected chi connectivity index (χ1v) is 10.6. The third-order valence-electron chi connectivity index (χ3n) is 5.54. The number of carbonyl (C=O) groups excluding carboxylic acids is 1. The van der Waals surface area contributed by atoms with Crippen molar-refractivity contribution in [2.75, 3.05) is 13.1 Å². The number of aryl methyl sites for hydroxylation is 1. The second kappa shape index (κ2) is 7.49. The van der Waals surface area contributed by atoms with Gasteiger partial charge in [-0.25, -0.2) is 14.0 Å². The van der Waals surface area contributed by atoms with Crippen LogP contribution in [0.2, 0.25) is 0 Å². The van der Waals surface area contributed by atoms with E-state index in [2.05, 4.69) is 13.8 Å². The minimum absolute atomic E-state index is 0.0125. The number of hydrogen-bond acceptors (Lipinski definition) is 6. The lowest BCUT2D eigenvalue weighted by Crippen LogP contribution is -2.40. The molecule has 0 spiro atoms. The SMILES string of the molecule is Cn1nc([C@H]2CCCN(C(=O)c3ccc4nsnc4c3)C2)n(-c2ccccc2)c1=O. The molecule has 8 nitrogen and oxygen atoms in total. The van der Waals surface area contributed by atoms with E-state index in [1.165, 1.54) is 4.68 Å². The molecule has 0 radical (unpaired) electrons. The van der Waals surface area contributed by atoms with Crippen molar-refractivity contribution < 1.29 is 4.79 Å². The van der Waals surface area contributed by atoms with Crippen LogP contribution in [0.1, 0.15) is 34.9 Å². The molecule has 2 aromatic carbocycles. The third kappa shape index (κ3) is 3.21. The second-order valence-corrected chi connectivity index (χ2v) is 8.02. The van der Waals surface area contributed by atoms with Gasteiger partial charge >= 0.3 is 5.69 Å². The van der Waals surface area contributed by atoms with Crippen LogP contribution >= 0.6 is 11.7 Å². The average molecular weight is 420 g/mol. The van der Waals surface area contributed by atoms with Gasteiger partial charge in [0, 0.05) is 31.6 Å². The lowest BCUT2D eigenvalue weighted by Gasteiger charge is -2.32. The molecule has 5 rings (SSSR count). The molecular weight excluding hydrogens is 400 g/mol. The van der Waals surface area contributed by atoms with Gasteiger partial charge in [-0.05, 0) is 43.2 Å². The Balaban J connectivity index is 1.45. The molecule has 30 heavy (non-hydrogen) atoms. The summed E-state index contributed by atoms with van der Waals surface area (Å²) in [6, 6.07) is 14.9. The highest BCUT2D eigenvalue weighted by atomic mass is 32.1. The number of likely N-dealkylation sites (tertiary alicyclic amines) is 1. The van der Waals surface area contributed by atoms with E-state index in [0.29, 0.717) is 24.5 Å². The molecule has 2 aromatic heterocycles. The summed E-state index contributed by atoms with van der Waals surface area (Å²) in [7, 11) is 1.66. The number of benzene rings is 2. The Kier molecular flexibility index (Phi) is 4.66. The maximum Gasteiger partial charge on any atom is 0.350 e. The topological polar surface area (TPSA) is 85.9 Å². The summed E-state index contributed by atoms with van der Waals surface area (Å²) in [5.74, 6) is 0.658. The van der Waals surface area contributed by atoms with Gasteiger partial charge in [0.2, 0.25) is 0 Å². The highest BCUT2D eigenvalue weighted by Crippen LogP contribution is 2.28. The Hall–Kier alpha value is -3.33. The Morgan fingerprint density at radius 1 is 1.10 bits per heavy atom. The van der Waals surface area contributed by atoms with Crippen molar-refractivity contribution in [3.05, 3.63) is 70.4 Å². The number of carbonyl (C=O) groups is 1. The first kappa shape index (κ1) is 18.7. The van der Waals surface area contributed by atoms with E-state index in [9.17, 15) is 9.59 Å². The van der Waals surface area contributed by atoms with Crippen molar-refractivity contribution in [3.63, 3.8) is 0 Å². The van der Waals surface area contributed by atoms with Gasteiger partial charge in [0.1, 0.15) is 16.9 Å². The third-order valence-corrected chi connectivity index (χ3v) is 6.10. The van der Waals surface area contributed by atoms with E-state index >= 15 is 0 Å². The van der Waals surface area contributed by atoms with E-state index in [1.54, 1.807) is 23.7 Å². The van der Waals surface area contributed by atoms with Crippen LogP contribution in [0.3, 0.4) is 0 Å². The molecule has 1 atom stereocenters. The Morgan fingerprint density at radius 3 is 2.73 bits per heavy atom. The molecule has 0 aliphatic carbocycles. The Bertz CT molecular complexity index is 1280. The molecule has 152 valence electrons. The zero-order chi connectivity index (χ0) is 20.7. The lowest BCUT2D eigenvalue weighted by molar-refractivity contribution is 0.0704. The number of para-hydroxylation sites is 1. The number of hydrogen-bond donors (Lipinski definition) is 0. The smallest absolute Gasteiger partial charge is 0.338 e. The summed E-state index contributed by atoms with van der Waals surface area (Å²) in [5, 5.41) is 4.52. The number of piperidine rings is 1. The quantitative estimate of drug-likeness (QED) is 0.509. The molecule has 1 amide bonds. The van der Waals surface area contributed by atoms with Crippen molar-refractivity contribution in [1.29, 1.82) is 0 Å². The van der Waals surface area contributed by atoms with E-state index in [0.717, 1.165) is 41.3 Å². The maximum absolute atomic E-state index is 13.2. The normalized spacial score (nSPS) is 16.8. The monoisotopic (exact) mass is 420 g/mol. The zero-order valence-corrected chi connectivity index (χ0v) is 17.2. The van der Waals surface area contributed by atoms with Crippen LogP contribution in [-0.4, -0.2) is 47.0 Å². The number of aromatic nitrogens is 5. The summed E-state index contributed by atoms with van der Waals surface area (Å²) in [6.07, 6.45) is 1.73. The fraction of sp³-hybridized carbons (Fsp3) is 0.286. The van der Waals surface area contributed by atoms with Crippen LogP contribution in [0.15, 0.2) is 53.3 Å². The lowest BCUT2D eigenvalue weighted by atomic mass is 9.96. The van der Waals surface area contributed by atoms with Gasteiger partial charge in [-0.15, -0.1) is 0 Å². The van der Waals surface area contributed by atoms with Crippen LogP contribution in [0, 0.1) is 0 Å². The van der Waals surface area contributed by atoms with Crippen LogP contribution < -0.4 is 5.69 Å². The van der Waals surface area contributed by atoms with Crippen LogP contribution in [0.25, 0.3) is 16.7 Å². The average Bonchev–Trinajstić information content (AvgIpc) is 3.37. The standard InChI is InChI=1S/C21H20N6O2S/c1-25-21(29)27(16-7-3-2-4-8-16)19(22-25)15-6-5-11-26(13-15)20(28)14-9-10-17-18(12-14)24-30-23-17/h2-4,7-10,12,15H,5-6,11,13H2,1H3/t15-/m0/s1. The predicted molar refractivity (Wildman–Crippen MR) is 114 cm³/mol. The van der Waals surface area contributed by atoms with Crippen LogP contribution in [0.5, 0.6) is 0 Å². The highest BCUT2D eigenvalue weighted by Gasteiger charge is 2.30. The first-order valence-electron chi connectivity index (χ1n) is 9.85. The fourth-order valence-electron chi connectivity index (χ4n) is 4.04. The van der Waals surface area contributed by atoms with E-state index in [-0.39, 0.29) is 17.5 Å². The minimum Gasteiger partial charge on any atom is -0.338 e. The van der Waals surface area contributed by atoms with Gasteiger partial charge in [0.25, 0.3) is 5.91 Å². The highest BCUT2D eigenvalue weighted by molar-refractivity contribution is 7.00. The first-order chi connectivity index (χ1) is 14.6. The summed E-state index contributed by atoms with van der Waals surface area (Å²) in [6.45, 7) is 1.21. The Labute approximate surface area is 176 Å². The van der Waals surface area contributed by atoms with Crippen LogP contribution in [0.4, 0.5) is 0 Å². The van der Waals surface area contributed by atoms with Crippen molar-refractivity contribution in [2.24, 2.45) is 7.05 Å². The number of rotatable bonds is 3. The summed E-state index contributed by atoms with van der Waals surface area (Å²) >= 11 is 1.14. The van der Waals surface area contributed by atoms with Gasteiger partial charge in [-0.2, -0.15) is 13.8 Å². The molecule has 1 aliphatic rings. The molecule has 0 unspecified atom stereocenters. The molecule has 0 bridgehead atoms. The second-order valence-electron chi connectivity index (χ2n) is 7.49. The van der Waals surface area contributed by atoms with E-state index in [1.807, 2.05) is 41.3 Å². The fourth-order valence-corrected chi connectivity index (χ4v) is 4.56. The Morgan fingerprint density at radius 2 is 1.90 bits per heavy atom. The van der Waals surface area contributed by atoms with Crippen molar-refractivity contribution >= 4 is 28.7 Å². The molecule has 1 fully saturated rings. The van der Waals surface area contributed by atoms with Crippen molar-refractivity contribution in [3.8, 4) is 5.69 Å². The molecule has 0 N–H and O–H groups in total. The predicted octanol–water partition coefficient (Wildman–Crippen LogP) is 2.60. The zero-order valence-electron chi connectivity index (χ0n) is 16.4. The molecule has 1 aliphatic heterocycles. The molecule has 0 saturated carbocycles. The minimum atomic E-state index is -0.180. The number of amides is 1. The molecule has 4 aromatic rings. The number of nitrogens with zero attached hydrogens (tertiary/aromatic N) is 6. The van der Waals surface area contributed by atoms with Gasteiger partial charge in [0.15, 0.2) is 0 Å². The van der Waals surface area contributed by atoms with Crippen LogP contribution in [-0.2, 0) is 7.05 Å². The van der Waals surface area contributed by atoms with Gasteiger partial charge < -0.3 is 4.90 Å². The molecule has 9 heteroatoms. The van der Waals surface area contributed by atoms with Gasteiger partial charge in [0.05, 0.1) is 17.4 Å². The molecule has 1 saturated heterocycles. The van der Waals surface area contributed by atoms with Gasteiger partial charge in [-0.3, -0.25) is 4.79 Å². The molecule has 3 heterocycles. The largest absolute Gasteiger partial charge is 0.350 e. The van der Waals surface area contributed by atoms with Gasteiger partial charge in [-0.1, -0.05) is 18.2 Å². The van der Waals surface area contributed by atoms with E-state index in [4.69, 9.17) is 0 Å². The maximum atomic E-state index is 13.2. The molecular formula is C21H20N6O2S. The van der Waals surface area contributed by atoms with E-state index < -0.39 is 0 Å². The van der Waals surface area contributed by atoms with Crippen molar-refractivity contribution in [2.45, 2.75) is 18.8 Å².